The Morgan fingerprint density at radius 2 is 1.74 bits per heavy atom. The van der Waals surface area contributed by atoms with E-state index < -0.39 is 11.8 Å². The van der Waals surface area contributed by atoms with Gasteiger partial charge < -0.3 is 14.8 Å². The van der Waals surface area contributed by atoms with Crippen molar-refractivity contribution in [2.45, 2.75) is 31.8 Å². The number of nitrogens with one attached hydrogen (secondary N) is 1. The molecular weight excluding hydrogens is 503 g/mol. The van der Waals surface area contributed by atoms with E-state index in [0.29, 0.717) is 5.69 Å². The molecule has 4 aromatic rings. The normalized spacial score (nSPS) is 16.0. The highest BCUT2D eigenvalue weighted by atomic mass is 35.5. The number of benzene rings is 3. The standard InChI is InChI=1S/C30H26ClFN4O2/c1-19-8-10-20(11-9-19)29-27-7-4-16-34(27)25-5-2-3-6-26(25)36(29)28(37)18-35(22-13-14-22)30(38)33-21-12-15-24(32)23(31)17-21/h2-12,15-17,22,29H,13-14,18H2,1H3,(H,33,38). The lowest BCUT2D eigenvalue weighted by Crippen LogP contribution is -2.48. The monoisotopic (exact) mass is 528 g/mol. The molecule has 3 amide bonds. The van der Waals surface area contributed by atoms with Crippen LogP contribution in [0.15, 0.2) is 85.1 Å². The molecule has 8 heteroatoms. The number of carbonyl (C=O) groups is 2. The van der Waals surface area contributed by atoms with Crippen LogP contribution in [0, 0.1) is 12.7 Å². The summed E-state index contributed by atoms with van der Waals surface area (Å²) in [6, 6.07) is 23.2. The number of aryl methyl sites for hydroxylation is 1. The number of rotatable bonds is 5. The van der Waals surface area contributed by atoms with Crippen molar-refractivity contribution in [2.75, 3.05) is 16.8 Å². The van der Waals surface area contributed by atoms with Gasteiger partial charge in [-0.15, -0.1) is 0 Å². The van der Waals surface area contributed by atoms with E-state index in [1.165, 1.54) is 18.2 Å². The van der Waals surface area contributed by atoms with Gasteiger partial charge in [0.2, 0.25) is 5.91 Å². The first-order chi connectivity index (χ1) is 18.4. The molecule has 0 saturated heterocycles. The third-order valence-corrected chi connectivity index (χ3v) is 7.40. The quantitative estimate of drug-likeness (QED) is 0.313. The Hall–Kier alpha value is -4.10. The summed E-state index contributed by atoms with van der Waals surface area (Å²) in [5, 5.41) is 2.70. The average Bonchev–Trinajstić information content (AvgIpc) is 3.64. The maximum atomic E-state index is 14.2. The Labute approximate surface area is 225 Å². The van der Waals surface area contributed by atoms with Crippen molar-refractivity contribution >= 4 is 34.9 Å². The molecule has 1 aliphatic carbocycles. The zero-order chi connectivity index (χ0) is 26.4. The number of aromatic nitrogens is 1. The van der Waals surface area contributed by atoms with Crippen molar-refractivity contribution in [3.8, 4) is 5.69 Å². The number of fused-ring (bicyclic) bond motifs is 3. The van der Waals surface area contributed by atoms with Gasteiger partial charge in [0.1, 0.15) is 18.4 Å². The zero-order valence-electron chi connectivity index (χ0n) is 20.8. The second-order valence-corrected chi connectivity index (χ2v) is 10.2. The Kier molecular flexibility index (Phi) is 6.16. The molecule has 0 spiro atoms. The number of halogens is 2. The zero-order valence-corrected chi connectivity index (χ0v) is 21.5. The van der Waals surface area contributed by atoms with E-state index in [2.05, 4.69) is 22.0 Å². The van der Waals surface area contributed by atoms with Gasteiger partial charge in [0.25, 0.3) is 0 Å². The molecule has 2 heterocycles. The highest BCUT2D eigenvalue weighted by molar-refractivity contribution is 6.31. The van der Waals surface area contributed by atoms with Crippen molar-refractivity contribution in [2.24, 2.45) is 0 Å². The number of nitrogens with zero attached hydrogens (tertiary/aromatic N) is 3. The highest BCUT2D eigenvalue weighted by Gasteiger charge is 2.40. The Morgan fingerprint density at radius 3 is 2.45 bits per heavy atom. The minimum atomic E-state index is -0.561. The number of carbonyl (C=O) groups excluding carboxylic acids is 2. The van der Waals surface area contributed by atoms with Gasteiger partial charge in [0, 0.05) is 17.9 Å². The van der Waals surface area contributed by atoms with Gasteiger partial charge in [-0.1, -0.05) is 53.6 Å². The lowest BCUT2D eigenvalue weighted by atomic mass is 9.97. The second kappa shape index (κ2) is 9.65. The molecule has 38 heavy (non-hydrogen) atoms. The van der Waals surface area contributed by atoms with Crippen molar-refractivity contribution in [3.63, 3.8) is 0 Å². The predicted octanol–water partition coefficient (Wildman–Crippen LogP) is 6.71. The third-order valence-electron chi connectivity index (χ3n) is 7.11. The van der Waals surface area contributed by atoms with Gasteiger partial charge in [-0.25, -0.2) is 9.18 Å². The minimum Gasteiger partial charge on any atom is -0.316 e. The van der Waals surface area contributed by atoms with Crippen LogP contribution in [0.25, 0.3) is 5.69 Å². The van der Waals surface area contributed by atoms with E-state index in [9.17, 15) is 14.0 Å². The summed E-state index contributed by atoms with van der Waals surface area (Å²) in [5.74, 6) is -0.746. The van der Waals surface area contributed by atoms with Crippen molar-refractivity contribution in [1.82, 2.24) is 9.47 Å². The van der Waals surface area contributed by atoms with Crippen molar-refractivity contribution < 1.29 is 14.0 Å². The fraction of sp³-hybridized carbons (Fsp3) is 0.200. The number of para-hydroxylation sites is 2. The number of amides is 3. The highest BCUT2D eigenvalue weighted by Crippen LogP contribution is 2.42. The SMILES string of the molecule is Cc1ccc(C2c3cccn3-c3ccccc3N2C(=O)CN(C(=O)Nc2ccc(F)c(Cl)c2)C2CC2)cc1. The Morgan fingerprint density at radius 1 is 1.00 bits per heavy atom. The molecule has 6 rings (SSSR count). The molecule has 6 nitrogen and oxygen atoms in total. The first kappa shape index (κ1) is 24.2. The third kappa shape index (κ3) is 4.43. The fourth-order valence-corrected chi connectivity index (χ4v) is 5.25. The largest absolute Gasteiger partial charge is 0.322 e. The van der Waals surface area contributed by atoms with E-state index in [0.717, 1.165) is 41.0 Å². The maximum Gasteiger partial charge on any atom is 0.322 e. The number of hydrogen-bond acceptors (Lipinski definition) is 2. The lowest BCUT2D eigenvalue weighted by Gasteiger charge is -2.39. The second-order valence-electron chi connectivity index (χ2n) is 9.79. The van der Waals surface area contributed by atoms with Gasteiger partial charge >= 0.3 is 6.03 Å². The molecule has 1 saturated carbocycles. The van der Waals surface area contributed by atoms with E-state index in [4.69, 9.17) is 11.6 Å². The molecular formula is C30H26ClFN4O2. The van der Waals surface area contributed by atoms with Gasteiger partial charge in [0.05, 0.1) is 22.1 Å². The number of urea groups is 1. The molecule has 1 unspecified atom stereocenters. The molecule has 0 bridgehead atoms. The topological polar surface area (TPSA) is 57.6 Å². The van der Waals surface area contributed by atoms with Crippen LogP contribution in [-0.4, -0.2) is 34.0 Å². The van der Waals surface area contributed by atoms with Crippen LogP contribution >= 0.6 is 11.6 Å². The number of anilines is 2. The van der Waals surface area contributed by atoms with E-state index >= 15 is 0 Å². The van der Waals surface area contributed by atoms with Gasteiger partial charge in [-0.3, -0.25) is 9.69 Å². The van der Waals surface area contributed by atoms with Crippen LogP contribution in [0.3, 0.4) is 0 Å². The molecule has 3 aromatic carbocycles. The van der Waals surface area contributed by atoms with Crippen molar-refractivity contribution in [1.29, 1.82) is 0 Å². The molecule has 0 radical (unpaired) electrons. The first-order valence-electron chi connectivity index (χ1n) is 12.6. The summed E-state index contributed by atoms with van der Waals surface area (Å²) in [4.78, 5) is 30.9. The molecule has 2 aliphatic rings. The van der Waals surface area contributed by atoms with Gasteiger partial charge in [-0.2, -0.15) is 0 Å². The smallest absolute Gasteiger partial charge is 0.316 e. The van der Waals surface area contributed by atoms with Crippen LogP contribution in [0.4, 0.5) is 20.6 Å². The van der Waals surface area contributed by atoms with Crippen molar-refractivity contribution in [3.05, 3.63) is 113 Å². The van der Waals surface area contributed by atoms with E-state index in [1.54, 1.807) is 4.90 Å². The number of hydrogen-bond donors (Lipinski definition) is 1. The summed E-state index contributed by atoms with van der Waals surface area (Å²) in [6.45, 7) is 1.94. The predicted molar refractivity (Wildman–Crippen MR) is 146 cm³/mol. The van der Waals surface area contributed by atoms with Gasteiger partial charge in [0.15, 0.2) is 0 Å². The fourth-order valence-electron chi connectivity index (χ4n) is 5.07. The van der Waals surface area contributed by atoms with Crippen LogP contribution in [0.5, 0.6) is 0 Å². The summed E-state index contributed by atoms with van der Waals surface area (Å²) in [6.07, 6.45) is 3.66. The maximum absolute atomic E-state index is 14.2. The molecule has 192 valence electrons. The van der Waals surface area contributed by atoms with Crippen LogP contribution in [-0.2, 0) is 4.79 Å². The molecule has 1 N–H and O–H groups in total. The summed E-state index contributed by atoms with van der Waals surface area (Å²) >= 11 is 5.90. The van der Waals surface area contributed by atoms with E-state index in [1.807, 2.05) is 66.6 Å². The molecule has 1 aromatic heterocycles. The van der Waals surface area contributed by atoms with Crippen LogP contribution in [0.1, 0.15) is 35.7 Å². The average molecular weight is 529 g/mol. The molecule has 1 aliphatic heterocycles. The van der Waals surface area contributed by atoms with E-state index in [-0.39, 0.29) is 29.6 Å². The first-order valence-corrected chi connectivity index (χ1v) is 13.0. The summed E-state index contributed by atoms with van der Waals surface area (Å²) in [5.41, 5.74) is 5.17. The molecule has 1 fully saturated rings. The Bertz CT molecular complexity index is 1530. The summed E-state index contributed by atoms with van der Waals surface area (Å²) in [7, 11) is 0. The van der Waals surface area contributed by atoms with Crippen LogP contribution in [0.2, 0.25) is 5.02 Å². The lowest BCUT2D eigenvalue weighted by molar-refractivity contribution is -0.119. The summed E-state index contributed by atoms with van der Waals surface area (Å²) < 4.78 is 15.7. The molecule has 1 atom stereocenters. The van der Waals surface area contributed by atoms with Gasteiger partial charge in [-0.05, 0) is 67.8 Å². The van der Waals surface area contributed by atoms with Crippen LogP contribution < -0.4 is 10.2 Å². The minimum absolute atomic E-state index is 0.0309. The Balaban J connectivity index is 1.35.